The Hall–Kier alpha value is -1.94. The van der Waals surface area contributed by atoms with Crippen LogP contribution in [0.5, 0.6) is 11.6 Å². The molecule has 1 aliphatic rings. The summed E-state index contributed by atoms with van der Waals surface area (Å²) in [5.41, 5.74) is 3.00. The molecular weight excluding hydrogens is 252 g/mol. The van der Waals surface area contributed by atoms with E-state index in [1.165, 1.54) is 12.8 Å². The van der Waals surface area contributed by atoms with Crippen LogP contribution in [0.3, 0.4) is 0 Å². The highest BCUT2D eigenvalue weighted by molar-refractivity contribution is 5.39. The van der Waals surface area contributed by atoms with Gasteiger partial charge in [-0.15, -0.1) is 0 Å². The molecule has 1 aliphatic carbocycles. The largest absolute Gasteiger partial charge is 0.438 e. The zero-order valence-electron chi connectivity index (χ0n) is 11.4. The Morgan fingerprint density at radius 3 is 2.80 bits per heavy atom. The van der Waals surface area contributed by atoms with Crippen molar-refractivity contribution in [3.63, 3.8) is 0 Å². The van der Waals surface area contributed by atoms with Crippen molar-refractivity contribution in [2.45, 2.75) is 38.7 Å². The second kappa shape index (κ2) is 6.01. The van der Waals surface area contributed by atoms with E-state index in [0.717, 1.165) is 36.1 Å². The first-order valence-corrected chi connectivity index (χ1v) is 7.08. The maximum Gasteiger partial charge on any atom is 0.225 e. The van der Waals surface area contributed by atoms with Crippen molar-refractivity contribution in [1.82, 2.24) is 9.97 Å². The molecule has 20 heavy (non-hydrogen) atoms. The minimum absolute atomic E-state index is 0.0382. The molecule has 4 nitrogen and oxygen atoms in total. The first kappa shape index (κ1) is 13.1. The quantitative estimate of drug-likeness (QED) is 0.871. The van der Waals surface area contributed by atoms with Crippen LogP contribution in [0.1, 0.15) is 36.1 Å². The SMILES string of the molecule is OCc1ccccc1Oc1ncnc2c1CCCCC2. The van der Waals surface area contributed by atoms with Crippen LogP contribution in [0.4, 0.5) is 0 Å². The van der Waals surface area contributed by atoms with Crippen molar-refractivity contribution >= 4 is 0 Å². The zero-order valence-corrected chi connectivity index (χ0v) is 11.4. The van der Waals surface area contributed by atoms with E-state index in [2.05, 4.69) is 9.97 Å². The number of benzene rings is 1. The van der Waals surface area contributed by atoms with E-state index in [-0.39, 0.29) is 6.61 Å². The van der Waals surface area contributed by atoms with E-state index >= 15 is 0 Å². The van der Waals surface area contributed by atoms with Gasteiger partial charge in [0, 0.05) is 11.1 Å². The normalized spacial score (nSPS) is 14.4. The van der Waals surface area contributed by atoms with E-state index in [4.69, 9.17) is 4.74 Å². The molecule has 2 aromatic rings. The number of hydrogen-bond donors (Lipinski definition) is 1. The number of aryl methyl sites for hydroxylation is 1. The third-order valence-electron chi connectivity index (χ3n) is 3.69. The predicted octanol–water partition coefficient (Wildman–Crippen LogP) is 3.03. The molecule has 3 rings (SSSR count). The Bertz CT molecular complexity index is 599. The minimum atomic E-state index is -0.0382. The molecule has 1 aromatic heterocycles. The highest BCUT2D eigenvalue weighted by Gasteiger charge is 2.16. The lowest BCUT2D eigenvalue weighted by Crippen LogP contribution is -2.02. The topological polar surface area (TPSA) is 55.2 Å². The summed E-state index contributed by atoms with van der Waals surface area (Å²) in [6.45, 7) is -0.0382. The number of aliphatic hydroxyl groups excluding tert-OH is 1. The van der Waals surface area contributed by atoms with Crippen molar-refractivity contribution in [3.8, 4) is 11.6 Å². The number of hydrogen-bond acceptors (Lipinski definition) is 4. The summed E-state index contributed by atoms with van der Waals surface area (Å²) in [5.74, 6) is 1.30. The maximum atomic E-state index is 9.37. The molecule has 0 saturated heterocycles. The number of rotatable bonds is 3. The van der Waals surface area contributed by atoms with Gasteiger partial charge in [-0.05, 0) is 31.7 Å². The molecule has 1 aromatic carbocycles. The molecule has 0 aliphatic heterocycles. The molecule has 0 bridgehead atoms. The lowest BCUT2D eigenvalue weighted by atomic mass is 10.1. The molecule has 1 N–H and O–H groups in total. The first-order chi connectivity index (χ1) is 9.88. The highest BCUT2D eigenvalue weighted by Crippen LogP contribution is 2.30. The van der Waals surface area contributed by atoms with Crippen LogP contribution >= 0.6 is 0 Å². The summed E-state index contributed by atoms with van der Waals surface area (Å²) in [7, 11) is 0. The van der Waals surface area contributed by atoms with Gasteiger partial charge in [-0.25, -0.2) is 9.97 Å². The van der Waals surface area contributed by atoms with Gasteiger partial charge >= 0.3 is 0 Å². The van der Waals surface area contributed by atoms with Gasteiger partial charge in [0.1, 0.15) is 12.1 Å². The first-order valence-electron chi connectivity index (χ1n) is 7.08. The second-order valence-corrected chi connectivity index (χ2v) is 5.03. The van der Waals surface area contributed by atoms with Gasteiger partial charge in [-0.3, -0.25) is 0 Å². The van der Waals surface area contributed by atoms with Gasteiger partial charge in [0.05, 0.1) is 12.3 Å². The van der Waals surface area contributed by atoms with E-state index < -0.39 is 0 Å². The Kier molecular flexibility index (Phi) is 3.92. The van der Waals surface area contributed by atoms with E-state index in [1.54, 1.807) is 6.33 Å². The van der Waals surface area contributed by atoms with E-state index in [1.807, 2.05) is 24.3 Å². The number of para-hydroxylation sites is 1. The monoisotopic (exact) mass is 270 g/mol. The Morgan fingerprint density at radius 2 is 1.90 bits per heavy atom. The third-order valence-corrected chi connectivity index (χ3v) is 3.69. The predicted molar refractivity (Wildman–Crippen MR) is 75.7 cm³/mol. The summed E-state index contributed by atoms with van der Waals surface area (Å²) in [6, 6.07) is 7.50. The molecule has 0 saturated carbocycles. The molecule has 0 radical (unpaired) electrons. The fourth-order valence-corrected chi connectivity index (χ4v) is 2.59. The standard InChI is InChI=1S/C16H18N2O2/c19-10-12-6-4-5-9-15(12)20-16-13-7-2-1-3-8-14(13)17-11-18-16/h4-6,9,11,19H,1-3,7-8,10H2. The number of ether oxygens (including phenoxy) is 1. The minimum Gasteiger partial charge on any atom is -0.438 e. The van der Waals surface area contributed by atoms with Crippen LogP contribution in [0.2, 0.25) is 0 Å². The van der Waals surface area contributed by atoms with Gasteiger partial charge < -0.3 is 9.84 Å². The summed E-state index contributed by atoms with van der Waals surface area (Å²) in [4.78, 5) is 8.67. The molecule has 104 valence electrons. The van der Waals surface area contributed by atoms with Crippen LogP contribution in [-0.2, 0) is 19.4 Å². The molecule has 1 heterocycles. The third kappa shape index (κ3) is 2.65. The van der Waals surface area contributed by atoms with Gasteiger partial charge in [-0.2, -0.15) is 0 Å². The number of aromatic nitrogens is 2. The lowest BCUT2D eigenvalue weighted by molar-refractivity contribution is 0.276. The second-order valence-electron chi connectivity index (χ2n) is 5.03. The van der Waals surface area contributed by atoms with E-state index in [9.17, 15) is 5.11 Å². The van der Waals surface area contributed by atoms with Crippen molar-refractivity contribution in [2.75, 3.05) is 0 Å². The summed E-state index contributed by atoms with van der Waals surface area (Å²) < 4.78 is 5.94. The fourth-order valence-electron chi connectivity index (χ4n) is 2.59. The number of nitrogens with zero attached hydrogens (tertiary/aromatic N) is 2. The van der Waals surface area contributed by atoms with Crippen LogP contribution in [0, 0.1) is 0 Å². The molecular formula is C16H18N2O2. The summed E-state index contributed by atoms with van der Waals surface area (Å²) in [6.07, 6.45) is 7.09. The molecule has 0 unspecified atom stereocenters. The van der Waals surface area contributed by atoms with E-state index in [0.29, 0.717) is 11.6 Å². The van der Waals surface area contributed by atoms with Crippen molar-refractivity contribution in [1.29, 1.82) is 0 Å². The molecule has 0 spiro atoms. The zero-order chi connectivity index (χ0) is 13.8. The van der Waals surface area contributed by atoms with Gasteiger partial charge in [0.15, 0.2) is 0 Å². The van der Waals surface area contributed by atoms with Crippen LogP contribution in [0.15, 0.2) is 30.6 Å². The molecule has 0 fully saturated rings. The molecule has 4 heteroatoms. The molecule has 0 atom stereocenters. The van der Waals surface area contributed by atoms with Crippen molar-refractivity contribution in [3.05, 3.63) is 47.4 Å². The van der Waals surface area contributed by atoms with Crippen molar-refractivity contribution < 1.29 is 9.84 Å². The van der Waals surface area contributed by atoms with Gasteiger partial charge in [0.25, 0.3) is 0 Å². The fraction of sp³-hybridized carbons (Fsp3) is 0.375. The number of aliphatic hydroxyl groups is 1. The average molecular weight is 270 g/mol. The van der Waals surface area contributed by atoms with Crippen LogP contribution < -0.4 is 4.74 Å². The Morgan fingerprint density at radius 1 is 1.05 bits per heavy atom. The lowest BCUT2D eigenvalue weighted by Gasteiger charge is -2.13. The Labute approximate surface area is 118 Å². The molecule has 0 amide bonds. The smallest absolute Gasteiger partial charge is 0.225 e. The van der Waals surface area contributed by atoms with Crippen molar-refractivity contribution in [2.24, 2.45) is 0 Å². The van der Waals surface area contributed by atoms with Crippen LogP contribution in [-0.4, -0.2) is 15.1 Å². The maximum absolute atomic E-state index is 9.37. The Balaban J connectivity index is 1.95. The summed E-state index contributed by atoms with van der Waals surface area (Å²) >= 11 is 0. The average Bonchev–Trinajstić information content (AvgIpc) is 2.74. The summed E-state index contributed by atoms with van der Waals surface area (Å²) in [5, 5.41) is 9.37. The van der Waals surface area contributed by atoms with Crippen LogP contribution in [0.25, 0.3) is 0 Å². The number of fused-ring (bicyclic) bond motifs is 1. The van der Waals surface area contributed by atoms with Gasteiger partial charge in [-0.1, -0.05) is 24.6 Å². The highest BCUT2D eigenvalue weighted by atomic mass is 16.5. The van der Waals surface area contributed by atoms with Gasteiger partial charge in [0.2, 0.25) is 5.88 Å².